The molecule has 0 radical (unpaired) electrons. The normalized spacial score (nSPS) is 14.1. The summed E-state index contributed by atoms with van der Waals surface area (Å²) in [5.74, 6) is 2.81. The molecule has 0 amide bonds. The Labute approximate surface area is 99.3 Å². The first-order chi connectivity index (χ1) is 7.67. The lowest BCUT2D eigenvalue weighted by Gasteiger charge is -2.19. The van der Waals surface area contributed by atoms with Gasteiger partial charge in [0.1, 0.15) is 0 Å². The summed E-state index contributed by atoms with van der Waals surface area (Å²) in [6.45, 7) is 6.43. The van der Waals surface area contributed by atoms with Crippen molar-refractivity contribution in [3.05, 3.63) is 35.4 Å². The van der Waals surface area contributed by atoms with Crippen LogP contribution in [0.5, 0.6) is 0 Å². The highest BCUT2D eigenvalue weighted by molar-refractivity contribution is 5.25. The smallest absolute Gasteiger partial charge is 0.0691 e. The van der Waals surface area contributed by atoms with Crippen molar-refractivity contribution in [3.8, 4) is 12.3 Å². The highest BCUT2D eigenvalue weighted by Gasteiger charge is 2.10. The Kier molecular flexibility index (Phi) is 5.08. The van der Waals surface area contributed by atoms with Gasteiger partial charge in [-0.25, -0.2) is 0 Å². The maximum absolute atomic E-state index is 5.50. The summed E-state index contributed by atoms with van der Waals surface area (Å²) in [5.41, 5.74) is 2.59. The second-order valence-corrected chi connectivity index (χ2v) is 4.31. The average Bonchev–Trinajstić information content (AvgIpc) is 2.28. The lowest BCUT2D eigenvalue weighted by Crippen LogP contribution is -2.30. The van der Waals surface area contributed by atoms with E-state index in [-0.39, 0.29) is 6.04 Å². The van der Waals surface area contributed by atoms with Crippen molar-refractivity contribution in [2.75, 3.05) is 0 Å². The first-order valence-electron chi connectivity index (χ1n) is 5.96. The molecule has 1 aromatic rings. The van der Waals surface area contributed by atoms with Crippen molar-refractivity contribution in [3.63, 3.8) is 0 Å². The maximum Gasteiger partial charge on any atom is 0.0691 e. The van der Waals surface area contributed by atoms with Crippen LogP contribution in [-0.2, 0) is 0 Å². The molecule has 2 unspecified atom stereocenters. The van der Waals surface area contributed by atoms with E-state index < -0.39 is 0 Å². The van der Waals surface area contributed by atoms with Crippen molar-refractivity contribution >= 4 is 0 Å². The van der Waals surface area contributed by atoms with Gasteiger partial charge in [0.05, 0.1) is 6.04 Å². The van der Waals surface area contributed by atoms with Crippen LogP contribution in [0, 0.1) is 19.3 Å². The van der Waals surface area contributed by atoms with Crippen LogP contribution in [0.4, 0.5) is 0 Å². The molecule has 0 saturated carbocycles. The van der Waals surface area contributed by atoms with E-state index in [1.807, 2.05) is 0 Å². The number of aryl methyl sites for hydroxylation is 1. The highest BCUT2D eigenvalue weighted by Crippen LogP contribution is 2.15. The fraction of sp³-hybridized carbons (Fsp3) is 0.467. The monoisotopic (exact) mass is 215 g/mol. The number of nitrogens with one attached hydrogen (secondary N) is 1. The first-order valence-corrected chi connectivity index (χ1v) is 5.96. The van der Waals surface area contributed by atoms with Crippen LogP contribution >= 0.6 is 0 Å². The molecule has 0 aliphatic carbocycles. The van der Waals surface area contributed by atoms with Crippen LogP contribution in [0.2, 0.25) is 0 Å². The Balaban J connectivity index is 2.64. The molecule has 0 fully saturated rings. The lowest BCUT2D eigenvalue weighted by atomic mass is 10.0. The number of rotatable bonds is 5. The van der Waals surface area contributed by atoms with Gasteiger partial charge >= 0.3 is 0 Å². The number of terminal acetylenes is 1. The quantitative estimate of drug-likeness (QED) is 0.742. The van der Waals surface area contributed by atoms with Gasteiger partial charge in [-0.05, 0) is 25.8 Å². The van der Waals surface area contributed by atoms with Crippen molar-refractivity contribution < 1.29 is 0 Å². The predicted octanol–water partition coefficient (Wildman–Crippen LogP) is 3.45. The molecule has 1 nitrogen and oxygen atoms in total. The highest BCUT2D eigenvalue weighted by atomic mass is 14.9. The van der Waals surface area contributed by atoms with Crippen LogP contribution in [0.25, 0.3) is 0 Å². The Hall–Kier alpha value is -1.26. The standard InChI is InChI=1S/C15H21N/c1-5-8-15(6-2)16-13(4)14-10-7-9-12(3)11-14/h2,7,9-11,13,15-16H,5,8H2,1,3-4H3. The molecule has 0 bridgehead atoms. The Morgan fingerprint density at radius 2 is 2.19 bits per heavy atom. The summed E-state index contributed by atoms with van der Waals surface area (Å²) >= 11 is 0. The summed E-state index contributed by atoms with van der Waals surface area (Å²) in [6, 6.07) is 9.04. The zero-order valence-electron chi connectivity index (χ0n) is 10.5. The van der Waals surface area contributed by atoms with Crippen molar-refractivity contribution in [1.82, 2.24) is 5.32 Å². The Morgan fingerprint density at radius 3 is 2.75 bits per heavy atom. The van der Waals surface area contributed by atoms with Gasteiger partial charge < -0.3 is 0 Å². The van der Waals surface area contributed by atoms with Gasteiger partial charge in [0.2, 0.25) is 0 Å². The van der Waals surface area contributed by atoms with E-state index in [2.05, 4.69) is 56.3 Å². The van der Waals surface area contributed by atoms with Crippen LogP contribution < -0.4 is 5.32 Å². The number of benzene rings is 1. The third-order valence-corrected chi connectivity index (χ3v) is 2.77. The minimum atomic E-state index is 0.181. The molecule has 1 aromatic carbocycles. The molecular weight excluding hydrogens is 194 g/mol. The van der Waals surface area contributed by atoms with E-state index in [9.17, 15) is 0 Å². The van der Waals surface area contributed by atoms with E-state index in [0.29, 0.717) is 6.04 Å². The number of hydrogen-bond donors (Lipinski definition) is 1. The van der Waals surface area contributed by atoms with Gasteiger partial charge in [0, 0.05) is 6.04 Å². The molecule has 0 saturated heterocycles. The second kappa shape index (κ2) is 6.35. The molecule has 0 heterocycles. The molecule has 16 heavy (non-hydrogen) atoms. The molecule has 1 N–H and O–H groups in total. The molecule has 1 rings (SSSR count). The SMILES string of the molecule is C#CC(CCC)NC(C)c1cccc(C)c1. The fourth-order valence-corrected chi connectivity index (χ4v) is 1.84. The van der Waals surface area contributed by atoms with Gasteiger partial charge in [-0.1, -0.05) is 49.1 Å². The van der Waals surface area contributed by atoms with E-state index in [4.69, 9.17) is 6.42 Å². The summed E-state index contributed by atoms with van der Waals surface area (Å²) in [6.07, 6.45) is 7.65. The van der Waals surface area contributed by atoms with Gasteiger partial charge in [-0.15, -0.1) is 6.42 Å². The summed E-state index contributed by atoms with van der Waals surface area (Å²) < 4.78 is 0. The lowest BCUT2D eigenvalue weighted by molar-refractivity contribution is 0.495. The second-order valence-electron chi connectivity index (χ2n) is 4.31. The summed E-state index contributed by atoms with van der Waals surface area (Å²) in [5, 5.41) is 3.47. The fourth-order valence-electron chi connectivity index (χ4n) is 1.84. The van der Waals surface area contributed by atoms with Crippen molar-refractivity contribution in [1.29, 1.82) is 0 Å². The Morgan fingerprint density at radius 1 is 1.44 bits per heavy atom. The molecule has 1 heteroatoms. The van der Waals surface area contributed by atoms with Crippen LogP contribution in [0.3, 0.4) is 0 Å². The van der Waals surface area contributed by atoms with Crippen molar-refractivity contribution in [2.24, 2.45) is 0 Å². The molecule has 86 valence electrons. The summed E-state index contributed by atoms with van der Waals surface area (Å²) in [7, 11) is 0. The van der Waals surface area contributed by atoms with Gasteiger partial charge in [-0.2, -0.15) is 0 Å². The van der Waals surface area contributed by atoms with E-state index in [1.165, 1.54) is 11.1 Å². The maximum atomic E-state index is 5.50. The van der Waals surface area contributed by atoms with Crippen LogP contribution in [-0.4, -0.2) is 6.04 Å². The van der Waals surface area contributed by atoms with Gasteiger partial charge in [0.15, 0.2) is 0 Å². The van der Waals surface area contributed by atoms with E-state index in [1.54, 1.807) is 0 Å². The third-order valence-electron chi connectivity index (χ3n) is 2.77. The largest absolute Gasteiger partial charge is 0.297 e. The first kappa shape index (κ1) is 12.8. The molecule has 0 aliphatic heterocycles. The minimum absolute atomic E-state index is 0.181. The molecule has 0 aromatic heterocycles. The zero-order valence-corrected chi connectivity index (χ0v) is 10.5. The van der Waals surface area contributed by atoms with E-state index in [0.717, 1.165) is 12.8 Å². The average molecular weight is 215 g/mol. The zero-order chi connectivity index (χ0) is 12.0. The third kappa shape index (κ3) is 3.72. The van der Waals surface area contributed by atoms with Crippen molar-refractivity contribution in [2.45, 2.75) is 45.7 Å². The van der Waals surface area contributed by atoms with Crippen LogP contribution in [0.15, 0.2) is 24.3 Å². The van der Waals surface area contributed by atoms with Gasteiger partial charge in [-0.3, -0.25) is 5.32 Å². The molecule has 0 spiro atoms. The van der Waals surface area contributed by atoms with E-state index >= 15 is 0 Å². The summed E-state index contributed by atoms with van der Waals surface area (Å²) in [4.78, 5) is 0. The Bertz CT molecular complexity index is 362. The van der Waals surface area contributed by atoms with Gasteiger partial charge in [0.25, 0.3) is 0 Å². The number of hydrogen-bond acceptors (Lipinski definition) is 1. The molecule has 2 atom stereocenters. The topological polar surface area (TPSA) is 12.0 Å². The molecule has 0 aliphatic rings. The minimum Gasteiger partial charge on any atom is -0.297 e. The predicted molar refractivity (Wildman–Crippen MR) is 70.3 cm³/mol. The molecular formula is C15H21N. The van der Waals surface area contributed by atoms with Crippen LogP contribution in [0.1, 0.15) is 43.9 Å².